The molecule has 0 aliphatic carbocycles. The van der Waals surface area contributed by atoms with E-state index in [9.17, 15) is 4.79 Å². The highest BCUT2D eigenvalue weighted by Crippen LogP contribution is 2.26. The van der Waals surface area contributed by atoms with Crippen molar-refractivity contribution in [2.75, 3.05) is 25.9 Å². The summed E-state index contributed by atoms with van der Waals surface area (Å²) >= 11 is 0. The van der Waals surface area contributed by atoms with Crippen molar-refractivity contribution in [3.05, 3.63) is 24.1 Å². The molecule has 21 heavy (non-hydrogen) atoms. The van der Waals surface area contributed by atoms with E-state index in [0.717, 1.165) is 6.54 Å². The van der Waals surface area contributed by atoms with Crippen LogP contribution in [-0.4, -0.2) is 46.4 Å². The average molecular weight is 288 g/mol. The predicted molar refractivity (Wildman–Crippen MR) is 80.5 cm³/mol. The van der Waals surface area contributed by atoms with Gasteiger partial charge in [0.25, 0.3) is 0 Å². The van der Waals surface area contributed by atoms with Gasteiger partial charge in [0, 0.05) is 20.1 Å². The van der Waals surface area contributed by atoms with Crippen molar-refractivity contribution in [3.63, 3.8) is 0 Å². The van der Waals surface area contributed by atoms with Crippen LogP contribution in [0.3, 0.4) is 0 Å². The van der Waals surface area contributed by atoms with Gasteiger partial charge in [0.05, 0.1) is 17.8 Å². The number of aromatic nitrogens is 1. The smallest absolute Gasteiger partial charge is 0.242 e. The van der Waals surface area contributed by atoms with Crippen LogP contribution in [0.5, 0.6) is 0 Å². The van der Waals surface area contributed by atoms with Crippen LogP contribution in [0, 0.1) is 0 Å². The first-order valence-electron chi connectivity index (χ1n) is 7.04. The van der Waals surface area contributed by atoms with Crippen LogP contribution in [0.4, 0.5) is 5.69 Å². The fourth-order valence-corrected chi connectivity index (χ4v) is 2.78. The number of nitrogens with zero attached hydrogens (tertiary/aromatic N) is 3. The van der Waals surface area contributed by atoms with Crippen LogP contribution in [0.1, 0.15) is 19.7 Å². The summed E-state index contributed by atoms with van der Waals surface area (Å²) in [7, 11) is 1.83. The Balaban J connectivity index is 1.88. The van der Waals surface area contributed by atoms with E-state index in [0.29, 0.717) is 35.8 Å². The second kappa shape index (κ2) is 4.73. The first-order valence-corrected chi connectivity index (χ1v) is 7.04. The largest absolute Gasteiger partial charge is 0.439 e. The van der Waals surface area contributed by atoms with E-state index in [1.54, 1.807) is 11.0 Å². The van der Waals surface area contributed by atoms with Crippen LogP contribution in [0.25, 0.3) is 11.1 Å². The summed E-state index contributed by atoms with van der Waals surface area (Å²) < 4.78 is 5.75. The number of oxazole rings is 1. The molecule has 1 aromatic carbocycles. The number of likely N-dealkylation sites (N-methyl/N-ethyl adjacent to an activating group) is 1. The number of carbonyl (C=O) groups excluding carboxylic acids is 1. The summed E-state index contributed by atoms with van der Waals surface area (Å²) in [6, 6.07) is 5.50. The molecule has 3 rings (SSSR count). The van der Waals surface area contributed by atoms with E-state index in [1.807, 2.05) is 33.0 Å². The van der Waals surface area contributed by atoms with Crippen molar-refractivity contribution < 1.29 is 9.21 Å². The van der Waals surface area contributed by atoms with Crippen LogP contribution in [0.15, 0.2) is 22.6 Å². The Bertz CT molecular complexity index is 692. The first kappa shape index (κ1) is 13.9. The van der Waals surface area contributed by atoms with E-state index >= 15 is 0 Å². The van der Waals surface area contributed by atoms with Crippen LogP contribution >= 0.6 is 0 Å². The molecular formula is C15H20N4O2. The molecule has 2 heterocycles. The summed E-state index contributed by atoms with van der Waals surface area (Å²) in [5, 5.41) is 0. The number of fused-ring (bicyclic) bond motifs is 1. The summed E-state index contributed by atoms with van der Waals surface area (Å²) in [6.45, 7) is 5.87. The minimum atomic E-state index is -0.556. The maximum atomic E-state index is 12.3. The second-order valence-electron chi connectivity index (χ2n) is 6.01. The lowest BCUT2D eigenvalue weighted by molar-refractivity contribution is -0.147. The summed E-state index contributed by atoms with van der Waals surface area (Å²) in [4.78, 5) is 20.6. The number of carbonyl (C=O) groups is 1. The standard InChI is InChI=1S/C15H20N4O2/c1-15(2)14(20)18(3)7-8-19(15)9-12-17-13-10(16)5-4-6-11(13)21-12/h4-6H,7-9,16H2,1-3H3. The molecular weight excluding hydrogens is 268 g/mol. The number of rotatable bonds is 2. The van der Waals surface area contributed by atoms with Gasteiger partial charge in [-0.05, 0) is 26.0 Å². The Labute approximate surface area is 123 Å². The molecule has 6 nitrogen and oxygen atoms in total. The number of hydrogen-bond donors (Lipinski definition) is 1. The minimum absolute atomic E-state index is 0.115. The highest BCUT2D eigenvalue weighted by molar-refractivity contribution is 5.86. The third-order valence-corrected chi connectivity index (χ3v) is 4.19. The van der Waals surface area contributed by atoms with Crippen LogP contribution in [0.2, 0.25) is 0 Å². The Hall–Kier alpha value is -2.08. The number of nitrogen functional groups attached to an aromatic ring is 1. The molecule has 112 valence electrons. The number of amides is 1. The van der Waals surface area contributed by atoms with Gasteiger partial charge in [-0.25, -0.2) is 4.98 Å². The van der Waals surface area contributed by atoms with Gasteiger partial charge in [0.15, 0.2) is 5.58 Å². The van der Waals surface area contributed by atoms with Crippen LogP contribution < -0.4 is 5.73 Å². The Morgan fingerprint density at radius 1 is 1.38 bits per heavy atom. The quantitative estimate of drug-likeness (QED) is 0.847. The van der Waals surface area contributed by atoms with E-state index in [1.165, 1.54) is 0 Å². The van der Waals surface area contributed by atoms with Gasteiger partial charge in [-0.3, -0.25) is 9.69 Å². The zero-order chi connectivity index (χ0) is 15.2. The maximum Gasteiger partial charge on any atom is 0.242 e. The summed E-state index contributed by atoms with van der Waals surface area (Å²) in [6.07, 6.45) is 0. The molecule has 2 aromatic rings. The highest BCUT2D eigenvalue weighted by atomic mass is 16.3. The molecule has 0 bridgehead atoms. The first-order chi connectivity index (χ1) is 9.89. The van der Waals surface area contributed by atoms with Crippen LogP contribution in [-0.2, 0) is 11.3 Å². The van der Waals surface area contributed by atoms with Crippen molar-refractivity contribution in [2.24, 2.45) is 0 Å². The zero-order valence-electron chi connectivity index (χ0n) is 12.6. The lowest BCUT2D eigenvalue weighted by Crippen LogP contribution is -2.61. The van der Waals surface area contributed by atoms with E-state index in [2.05, 4.69) is 9.88 Å². The van der Waals surface area contributed by atoms with Gasteiger partial charge in [0.2, 0.25) is 11.8 Å². The van der Waals surface area contributed by atoms with Gasteiger partial charge in [-0.2, -0.15) is 0 Å². The monoisotopic (exact) mass is 288 g/mol. The molecule has 0 radical (unpaired) electrons. The van der Waals surface area contributed by atoms with E-state index < -0.39 is 5.54 Å². The minimum Gasteiger partial charge on any atom is -0.439 e. The maximum absolute atomic E-state index is 12.3. The van der Waals surface area contributed by atoms with Gasteiger partial charge in [0.1, 0.15) is 5.52 Å². The molecule has 1 aromatic heterocycles. The molecule has 1 aliphatic rings. The number of hydrogen-bond acceptors (Lipinski definition) is 5. The Morgan fingerprint density at radius 3 is 2.86 bits per heavy atom. The number of piperazine rings is 1. The Morgan fingerprint density at radius 2 is 2.14 bits per heavy atom. The van der Waals surface area contributed by atoms with Gasteiger partial charge in [-0.1, -0.05) is 6.07 Å². The highest BCUT2D eigenvalue weighted by Gasteiger charge is 2.40. The second-order valence-corrected chi connectivity index (χ2v) is 6.01. The predicted octanol–water partition coefficient (Wildman–Crippen LogP) is 1.46. The molecule has 0 atom stereocenters. The third kappa shape index (κ3) is 2.25. The lowest BCUT2D eigenvalue weighted by Gasteiger charge is -2.44. The number of benzene rings is 1. The fourth-order valence-electron chi connectivity index (χ4n) is 2.78. The molecule has 1 aliphatic heterocycles. The normalized spacial score (nSPS) is 19.4. The zero-order valence-corrected chi connectivity index (χ0v) is 12.6. The molecule has 0 saturated carbocycles. The molecule has 2 N–H and O–H groups in total. The van der Waals surface area contributed by atoms with Gasteiger partial charge in [-0.15, -0.1) is 0 Å². The number of para-hydroxylation sites is 1. The van der Waals surface area contributed by atoms with Crippen molar-refractivity contribution >= 4 is 22.7 Å². The SMILES string of the molecule is CN1CCN(Cc2nc3c(N)cccc3o2)C(C)(C)C1=O. The van der Waals surface area contributed by atoms with Crippen molar-refractivity contribution in [1.29, 1.82) is 0 Å². The van der Waals surface area contributed by atoms with Crippen molar-refractivity contribution in [1.82, 2.24) is 14.8 Å². The number of nitrogens with two attached hydrogens (primary N) is 1. The van der Waals surface area contributed by atoms with Gasteiger partial charge < -0.3 is 15.1 Å². The van der Waals surface area contributed by atoms with Gasteiger partial charge >= 0.3 is 0 Å². The van der Waals surface area contributed by atoms with Crippen molar-refractivity contribution in [3.8, 4) is 0 Å². The number of anilines is 1. The molecule has 1 saturated heterocycles. The molecule has 1 amide bonds. The van der Waals surface area contributed by atoms with Crippen molar-refractivity contribution in [2.45, 2.75) is 25.9 Å². The lowest BCUT2D eigenvalue weighted by atomic mass is 9.98. The fraction of sp³-hybridized carbons (Fsp3) is 0.467. The summed E-state index contributed by atoms with van der Waals surface area (Å²) in [5.41, 5.74) is 7.32. The van der Waals surface area contributed by atoms with E-state index in [4.69, 9.17) is 10.2 Å². The topological polar surface area (TPSA) is 75.6 Å². The molecule has 6 heteroatoms. The molecule has 0 unspecified atom stereocenters. The average Bonchev–Trinajstić information content (AvgIpc) is 2.84. The van der Waals surface area contributed by atoms with E-state index in [-0.39, 0.29) is 5.91 Å². The molecule has 1 fully saturated rings. The molecule has 0 spiro atoms. The Kier molecular flexibility index (Phi) is 3.13. The third-order valence-electron chi connectivity index (χ3n) is 4.19. The summed E-state index contributed by atoms with van der Waals surface area (Å²) in [5.74, 6) is 0.706.